The second-order valence-corrected chi connectivity index (χ2v) is 6.19. The smallest absolute Gasteiger partial charge is 0.304 e. The number of carbonyl (C=O) groups is 1. The molecule has 1 N–H and O–H groups in total. The molecule has 0 amide bonds. The standard InChI is InChI=1S/C13H23NO2/c1-13(2)6-5-11(9-13)14-7-3-4-10(14)8-12(15)16/h10-11H,3-9H2,1-2H3,(H,15,16). The van der Waals surface area contributed by atoms with E-state index in [0.29, 0.717) is 23.9 Å². The highest BCUT2D eigenvalue weighted by molar-refractivity contribution is 5.67. The summed E-state index contributed by atoms with van der Waals surface area (Å²) in [4.78, 5) is 13.3. The topological polar surface area (TPSA) is 40.5 Å². The van der Waals surface area contributed by atoms with E-state index in [1.54, 1.807) is 0 Å². The zero-order chi connectivity index (χ0) is 11.8. The van der Waals surface area contributed by atoms with Gasteiger partial charge in [0.05, 0.1) is 6.42 Å². The maximum Gasteiger partial charge on any atom is 0.304 e. The molecule has 0 aromatic heterocycles. The molecule has 0 aromatic carbocycles. The molecule has 0 aromatic rings. The number of hydrogen-bond donors (Lipinski definition) is 1. The van der Waals surface area contributed by atoms with E-state index in [-0.39, 0.29) is 0 Å². The third-order valence-electron chi connectivity index (χ3n) is 4.24. The van der Waals surface area contributed by atoms with Crippen molar-refractivity contribution in [2.45, 2.75) is 64.5 Å². The molecule has 3 nitrogen and oxygen atoms in total. The van der Waals surface area contributed by atoms with E-state index in [0.717, 1.165) is 13.0 Å². The molecule has 0 bridgehead atoms. The molecular weight excluding hydrogens is 202 g/mol. The molecule has 2 fully saturated rings. The van der Waals surface area contributed by atoms with Gasteiger partial charge in [-0.25, -0.2) is 0 Å². The highest BCUT2D eigenvalue weighted by Crippen LogP contribution is 2.41. The Balaban J connectivity index is 1.95. The summed E-state index contributed by atoms with van der Waals surface area (Å²) < 4.78 is 0. The maximum absolute atomic E-state index is 10.8. The van der Waals surface area contributed by atoms with E-state index < -0.39 is 5.97 Å². The Hall–Kier alpha value is -0.570. The summed E-state index contributed by atoms with van der Waals surface area (Å²) in [5.74, 6) is -0.644. The SMILES string of the molecule is CC1(C)CCC(N2CCCC2CC(=O)O)C1. The fraction of sp³-hybridized carbons (Fsp3) is 0.923. The lowest BCUT2D eigenvalue weighted by Gasteiger charge is -2.30. The van der Waals surface area contributed by atoms with E-state index in [9.17, 15) is 4.79 Å². The van der Waals surface area contributed by atoms with Crippen molar-refractivity contribution in [3.63, 3.8) is 0 Å². The highest BCUT2D eigenvalue weighted by atomic mass is 16.4. The van der Waals surface area contributed by atoms with Crippen LogP contribution in [0.1, 0.15) is 52.4 Å². The van der Waals surface area contributed by atoms with Gasteiger partial charge in [-0.3, -0.25) is 9.69 Å². The van der Waals surface area contributed by atoms with Crippen molar-refractivity contribution in [3.05, 3.63) is 0 Å². The molecule has 0 spiro atoms. The molecular formula is C13H23NO2. The Morgan fingerprint density at radius 2 is 2.19 bits per heavy atom. The summed E-state index contributed by atoms with van der Waals surface area (Å²) >= 11 is 0. The quantitative estimate of drug-likeness (QED) is 0.802. The lowest BCUT2D eigenvalue weighted by molar-refractivity contribution is -0.138. The van der Waals surface area contributed by atoms with Gasteiger partial charge in [0, 0.05) is 12.1 Å². The van der Waals surface area contributed by atoms with Crippen LogP contribution in [-0.2, 0) is 4.79 Å². The molecule has 92 valence electrons. The molecule has 2 rings (SSSR count). The van der Waals surface area contributed by atoms with Crippen LogP contribution in [0.5, 0.6) is 0 Å². The van der Waals surface area contributed by atoms with Gasteiger partial charge in [0.25, 0.3) is 0 Å². The summed E-state index contributed by atoms with van der Waals surface area (Å²) in [6.07, 6.45) is 6.36. The minimum Gasteiger partial charge on any atom is -0.481 e. The lowest BCUT2D eigenvalue weighted by atomic mass is 9.91. The van der Waals surface area contributed by atoms with Gasteiger partial charge in [-0.2, -0.15) is 0 Å². The fourth-order valence-corrected chi connectivity index (χ4v) is 3.44. The van der Waals surface area contributed by atoms with Crippen molar-refractivity contribution < 1.29 is 9.90 Å². The van der Waals surface area contributed by atoms with Crippen molar-refractivity contribution in [1.29, 1.82) is 0 Å². The van der Waals surface area contributed by atoms with E-state index in [1.807, 2.05) is 0 Å². The van der Waals surface area contributed by atoms with Crippen molar-refractivity contribution >= 4 is 5.97 Å². The molecule has 1 aliphatic heterocycles. The summed E-state index contributed by atoms with van der Waals surface area (Å²) in [5, 5.41) is 8.91. The average Bonchev–Trinajstić information content (AvgIpc) is 2.71. The van der Waals surface area contributed by atoms with Gasteiger partial charge < -0.3 is 5.11 Å². The zero-order valence-corrected chi connectivity index (χ0v) is 10.4. The summed E-state index contributed by atoms with van der Waals surface area (Å²) in [6.45, 7) is 5.77. The van der Waals surface area contributed by atoms with Crippen LogP contribution in [0, 0.1) is 5.41 Å². The van der Waals surface area contributed by atoms with Gasteiger partial charge in [0.1, 0.15) is 0 Å². The lowest BCUT2D eigenvalue weighted by Crippen LogP contribution is -2.39. The predicted octanol–water partition coefficient (Wildman–Crippen LogP) is 2.50. The first kappa shape index (κ1) is 11.9. The molecule has 1 aliphatic carbocycles. The van der Waals surface area contributed by atoms with Crippen molar-refractivity contribution in [3.8, 4) is 0 Å². The predicted molar refractivity (Wildman–Crippen MR) is 63.4 cm³/mol. The Morgan fingerprint density at radius 1 is 1.44 bits per heavy atom. The highest BCUT2D eigenvalue weighted by Gasteiger charge is 2.39. The Kier molecular flexibility index (Phi) is 3.24. The molecule has 1 saturated heterocycles. The second kappa shape index (κ2) is 4.36. The van der Waals surface area contributed by atoms with Gasteiger partial charge in [0.2, 0.25) is 0 Å². The molecule has 3 heteroatoms. The van der Waals surface area contributed by atoms with Gasteiger partial charge in [-0.15, -0.1) is 0 Å². The number of carboxylic acid groups (broad SMARTS) is 1. The molecule has 0 radical (unpaired) electrons. The van der Waals surface area contributed by atoms with E-state index >= 15 is 0 Å². The first-order chi connectivity index (χ1) is 7.48. The maximum atomic E-state index is 10.8. The molecule has 1 saturated carbocycles. The fourth-order valence-electron chi connectivity index (χ4n) is 3.44. The van der Waals surface area contributed by atoms with Crippen LogP contribution in [0.4, 0.5) is 0 Å². The van der Waals surface area contributed by atoms with Crippen LogP contribution in [-0.4, -0.2) is 34.6 Å². The number of aliphatic carboxylic acids is 1. The van der Waals surface area contributed by atoms with Gasteiger partial charge in [-0.05, 0) is 44.1 Å². The third-order valence-corrected chi connectivity index (χ3v) is 4.24. The minimum absolute atomic E-state index is 0.302. The Morgan fingerprint density at radius 3 is 2.75 bits per heavy atom. The van der Waals surface area contributed by atoms with E-state index in [2.05, 4.69) is 18.7 Å². The van der Waals surface area contributed by atoms with Crippen LogP contribution < -0.4 is 0 Å². The van der Waals surface area contributed by atoms with Crippen LogP contribution in [0.2, 0.25) is 0 Å². The molecule has 16 heavy (non-hydrogen) atoms. The van der Waals surface area contributed by atoms with Gasteiger partial charge >= 0.3 is 5.97 Å². The van der Waals surface area contributed by atoms with Crippen LogP contribution in [0.3, 0.4) is 0 Å². The average molecular weight is 225 g/mol. The van der Waals surface area contributed by atoms with Crippen molar-refractivity contribution in [2.24, 2.45) is 5.41 Å². The summed E-state index contributed by atoms with van der Waals surface area (Å²) in [5.41, 5.74) is 0.459. The van der Waals surface area contributed by atoms with Gasteiger partial charge in [-0.1, -0.05) is 13.8 Å². The van der Waals surface area contributed by atoms with Gasteiger partial charge in [0.15, 0.2) is 0 Å². The van der Waals surface area contributed by atoms with Crippen LogP contribution in [0.25, 0.3) is 0 Å². The number of likely N-dealkylation sites (tertiary alicyclic amines) is 1. The largest absolute Gasteiger partial charge is 0.481 e. The monoisotopic (exact) mass is 225 g/mol. The Labute approximate surface area is 97.8 Å². The summed E-state index contributed by atoms with van der Waals surface area (Å²) in [6, 6.07) is 0.943. The minimum atomic E-state index is -0.644. The number of nitrogens with zero attached hydrogens (tertiary/aromatic N) is 1. The zero-order valence-electron chi connectivity index (χ0n) is 10.4. The van der Waals surface area contributed by atoms with Crippen molar-refractivity contribution in [1.82, 2.24) is 4.90 Å². The molecule has 2 aliphatic rings. The Bertz CT molecular complexity index is 275. The number of rotatable bonds is 3. The molecule has 2 atom stereocenters. The second-order valence-electron chi connectivity index (χ2n) is 6.19. The molecule has 2 unspecified atom stereocenters. The van der Waals surface area contributed by atoms with Crippen LogP contribution >= 0.6 is 0 Å². The first-order valence-corrected chi connectivity index (χ1v) is 6.45. The van der Waals surface area contributed by atoms with Crippen molar-refractivity contribution in [2.75, 3.05) is 6.54 Å². The van der Waals surface area contributed by atoms with Crippen LogP contribution in [0.15, 0.2) is 0 Å². The normalized spacial score (nSPS) is 34.4. The first-order valence-electron chi connectivity index (χ1n) is 6.45. The number of carboxylic acids is 1. The summed E-state index contributed by atoms with van der Waals surface area (Å²) in [7, 11) is 0. The molecule has 1 heterocycles. The van der Waals surface area contributed by atoms with E-state index in [4.69, 9.17) is 5.11 Å². The number of hydrogen-bond acceptors (Lipinski definition) is 2. The van der Waals surface area contributed by atoms with E-state index in [1.165, 1.54) is 25.7 Å². The third kappa shape index (κ3) is 2.57.